The minimum absolute atomic E-state index is 0.102. The fourth-order valence-electron chi connectivity index (χ4n) is 1.91. The lowest BCUT2D eigenvalue weighted by molar-refractivity contribution is 0.0376. The van der Waals surface area contributed by atoms with Crippen molar-refractivity contribution in [2.75, 3.05) is 20.1 Å². The molecule has 0 saturated heterocycles. The van der Waals surface area contributed by atoms with Gasteiger partial charge in [0.15, 0.2) is 0 Å². The first-order valence-corrected chi connectivity index (χ1v) is 5.95. The van der Waals surface area contributed by atoms with Gasteiger partial charge in [-0.05, 0) is 40.2 Å². The van der Waals surface area contributed by atoms with E-state index in [1.54, 1.807) is 0 Å². The first-order valence-electron chi connectivity index (χ1n) is 5.95. The monoisotopic (exact) mass is 216 g/mol. The van der Waals surface area contributed by atoms with Crippen LogP contribution in [0.15, 0.2) is 0 Å². The molecule has 0 aromatic heterocycles. The van der Waals surface area contributed by atoms with Crippen molar-refractivity contribution >= 4 is 0 Å². The van der Waals surface area contributed by atoms with Crippen LogP contribution in [0.1, 0.15) is 47.0 Å². The van der Waals surface area contributed by atoms with Gasteiger partial charge in [0.05, 0.1) is 5.60 Å². The largest absolute Gasteiger partial charge is 0.390 e. The van der Waals surface area contributed by atoms with Crippen LogP contribution >= 0.6 is 0 Å². The van der Waals surface area contributed by atoms with Crippen LogP contribution in [0, 0.1) is 0 Å². The zero-order valence-corrected chi connectivity index (χ0v) is 11.0. The van der Waals surface area contributed by atoms with E-state index in [4.69, 9.17) is 5.73 Å². The fraction of sp³-hybridized carbons (Fsp3) is 1.00. The Hall–Kier alpha value is -0.120. The first kappa shape index (κ1) is 14.9. The lowest BCUT2D eigenvalue weighted by atomic mass is 9.90. The Morgan fingerprint density at radius 3 is 1.93 bits per heavy atom. The van der Waals surface area contributed by atoms with Gasteiger partial charge in [-0.15, -0.1) is 0 Å². The van der Waals surface area contributed by atoms with Gasteiger partial charge in [-0.2, -0.15) is 0 Å². The van der Waals surface area contributed by atoms with Crippen molar-refractivity contribution in [3.63, 3.8) is 0 Å². The summed E-state index contributed by atoms with van der Waals surface area (Å²) in [6.45, 7) is 9.63. The summed E-state index contributed by atoms with van der Waals surface area (Å²) in [4.78, 5) is 2.30. The molecule has 15 heavy (non-hydrogen) atoms. The zero-order chi connectivity index (χ0) is 12.1. The average Bonchev–Trinajstić information content (AvgIpc) is 2.17. The summed E-state index contributed by atoms with van der Waals surface area (Å²) >= 11 is 0. The van der Waals surface area contributed by atoms with Gasteiger partial charge in [-0.1, -0.05) is 13.8 Å². The first-order chi connectivity index (χ1) is 6.81. The summed E-state index contributed by atoms with van der Waals surface area (Å²) < 4.78 is 0. The van der Waals surface area contributed by atoms with E-state index in [1.165, 1.54) is 0 Å². The van der Waals surface area contributed by atoms with Crippen molar-refractivity contribution in [1.29, 1.82) is 0 Å². The highest BCUT2D eigenvalue weighted by atomic mass is 16.3. The molecular weight excluding hydrogens is 188 g/mol. The summed E-state index contributed by atoms with van der Waals surface area (Å²) in [7, 11) is 2.10. The van der Waals surface area contributed by atoms with Gasteiger partial charge in [0.2, 0.25) is 0 Å². The molecule has 0 rings (SSSR count). The maximum Gasteiger partial charge on any atom is 0.0603 e. The zero-order valence-electron chi connectivity index (χ0n) is 11.0. The van der Waals surface area contributed by atoms with Crippen molar-refractivity contribution in [1.82, 2.24) is 4.90 Å². The molecule has 0 bridgehead atoms. The Kier molecular flexibility index (Phi) is 5.78. The van der Waals surface area contributed by atoms with E-state index in [2.05, 4.69) is 25.8 Å². The van der Waals surface area contributed by atoms with Gasteiger partial charge in [0.1, 0.15) is 0 Å². The van der Waals surface area contributed by atoms with E-state index in [0.29, 0.717) is 6.54 Å². The third-order valence-corrected chi connectivity index (χ3v) is 3.56. The molecular formula is C12H28N2O. The van der Waals surface area contributed by atoms with Crippen molar-refractivity contribution in [2.24, 2.45) is 5.73 Å². The van der Waals surface area contributed by atoms with Crippen LogP contribution < -0.4 is 5.73 Å². The molecule has 3 heteroatoms. The SMILES string of the molecule is CCC(CC)(CN)N(C)CCC(C)(C)O. The summed E-state index contributed by atoms with van der Waals surface area (Å²) in [5.74, 6) is 0. The van der Waals surface area contributed by atoms with Crippen molar-refractivity contribution in [3.05, 3.63) is 0 Å². The normalized spacial score (nSPS) is 13.6. The minimum atomic E-state index is -0.587. The number of nitrogens with two attached hydrogens (primary N) is 1. The molecule has 3 nitrogen and oxygen atoms in total. The van der Waals surface area contributed by atoms with E-state index in [1.807, 2.05) is 13.8 Å². The Balaban J connectivity index is 4.33. The predicted octanol–water partition coefficient (Wildman–Crippen LogP) is 1.60. The molecule has 0 aliphatic rings. The lowest BCUT2D eigenvalue weighted by Crippen LogP contribution is -2.52. The molecule has 0 aromatic carbocycles. The van der Waals surface area contributed by atoms with E-state index in [-0.39, 0.29) is 5.54 Å². The maximum absolute atomic E-state index is 9.69. The molecule has 0 amide bonds. The van der Waals surface area contributed by atoms with E-state index in [0.717, 1.165) is 25.8 Å². The Morgan fingerprint density at radius 1 is 1.20 bits per heavy atom. The van der Waals surface area contributed by atoms with Crippen molar-refractivity contribution in [3.8, 4) is 0 Å². The highest BCUT2D eigenvalue weighted by Crippen LogP contribution is 2.22. The third-order valence-electron chi connectivity index (χ3n) is 3.56. The van der Waals surface area contributed by atoms with Crippen LogP contribution in [-0.4, -0.2) is 41.3 Å². The molecule has 0 fully saturated rings. The van der Waals surface area contributed by atoms with Gasteiger partial charge in [0, 0.05) is 18.6 Å². The number of rotatable bonds is 7. The highest BCUT2D eigenvalue weighted by molar-refractivity contribution is 4.88. The number of aliphatic hydroxyl groups is 1. The molecule has 0 aromatic rings. The molecule has 3 N–H and O–H groups in total. The molecule has 0 heterocycles. The van der Waals surface area contributed by atoms with Gasteiger partial charge in [0.25, 0.3) is 0 Å². The fourth-order valence-corrected chi connectivity index (χ4v) is 1.91. The van der Waals surface area contributed by atoms with Crippen LogP contribution in [0.2, 0.25) is 0 Å². The quantitative estimate of drug-likeness (QED) is 0.679. The van der Waals surface area contributed by atoms with E-state index in [9.17, 15) is 5.11 Å². The molecule has 0 atom stereocenters. The number of likely N-dealkylation sites (N-methyl/N-ethyl adjacent to an activating group) is 1. The third kappa shape index (κ3) is 4.49. The topological polar surface area (TPSA) is 49.5 Å². The van der Waals surface area contributed by atoms with Gasteiger partial charge in [-0.25, -0.2) is 0 Å². The van der Waals surface area contributed by atoms with Crippen molar-refractivity contribution < 1.29 is 5.11 Å². The van der Waals surface area contributed by atoms with Gasteiger partial charge >= 0.3 is 0 Å². The molecule has 0 aliphatic heterocycles. The van der Waals surface area contributed by atoms with E-state index < -0.39 is 5.60 Å². The standard InChI is InChI=1S/C12H28N2O/c1-6-12(7-2,10-13)14(5)9-8-11(3,4)15/h15H,6-10,13H2,1-5H3. The molecule has 92 valence electrons. The minimum Gasteiger partial charge on any atom is -0.390 e. The predicted molar refractivity (Wildman–Crippen MR) is 65.9 cm³/mol. The van der Waals surface area contributed by atoms with Crippen LogP contribution in [0.25, 0.3) is 0 Å². The lowest BCUT2D eigenvalue weighted by Gasteiger charge is -2.41. The average molecular weight is 216 g/mol. The number of hydrogen-bond donors (Lipinski definition) is 2. The second kappa shape index (κ2) is 5.83. The Morgan fingerprint density at radius 2 is 1.67 bits per heavy atom. The summed E-state index contributed by atoms with van der Waals surface area (Å²) in [5.41, 5.74) is 5.38. The van der Waals surface area contributed by atoms with E-state index >= 15 is 0 Å². The highest BCUT2D eigenvalue weighted by Gasteiger charge is 2.29. The Labute approximate surface area is 94.6 Å². The molecule has 0 saturated carbocycles. The Bertz CT molecular complexity index is 163. The maximum atomic E-state index is 9.69. The number of nitrogens with zero attached hydrogens (tertiary/aromatic N) is 1. The smallest absolute Gasteiger partial charge is 0.0603 e. The second-order valence-electron chi connectivity index (χ2n) is 5.12. The summed E-state index contributed by atoms with van der Waals surface area (Å²) in [5, 5.41) is 9.69. The van der Waals surface area contributed by atoms with Crippen LogP contribution in [0.4, 0.5) is 0 Å². The van der Waals surface area contributed by atoms with Gasteiger partial charge < -0.3 is 10.8 Å². The molecule has 0 radical (unpaired) electrons. The van der Waals surface area contributed by atoms with Crippen LogP contribution in [0.3, 0.4) is 0 Å². The van der Waals surface area contributed by atoms with Crippen LogP contribution in [0.5, 0.6) is 0 Å². The number of hydrogen-bond acceptors (Lipinski definition) is 3. The van der Waals surface area contributed by atoms with Crippen LogP contribution in [-0.2, 0) is 0 Å². The molecule has 0 unspecified atom stereocenters. The molecule has 0 aliphatic carbocycles. The summed E-state index contributed by atoms with van der Waals surface area (Å²) in [6.07, 6.45) is 2.90. The second-order valence-corrected chi connectivity index (χ2v) is 5.12. The van der Waals surface area contributed by atoms with Crippen molar-refractivity contribution in [2.45, 2.75) is 58.1 Å². The van der Waals surface area contributed by atoms with Gasteiger partial charge in [-0.3, -0.25) is 4.90 Å². The summed E-state index contributed by atoms with van der Waals surface area (Å²) in [6, 6.07) is 0. The molecule has 0 spiro atoms.